The number of amides is 1. The maximum atomic E-state index is 12.9. The third-order valence-electron chi connectivity index (χ3n) is 4.85. The Balaban J connectivity index is 1.91. The van der Waals surface area contributed by atoms with E-state index in [4.69, 9.17) is 0 Å². The maximum absolute atomic E-state index is 12.9. The van der Waals surface area contributed by atoms with Crippen molar-refractivity contribution in [3.63, 3.8) is 0 Å². The molecule has 0 bridgehead atoms. The summed E-state index contributed by atoms with van der Waals surface area (Å²) in [6.07, 6.45) is -3.44. The summed E-state index contributed by atoms with van der Waals surface area (Å²) >= 11 is 0. The number of likely N-dealkylation sites (tertiary alicyclic amines) is 1. The summed E-state index contributed by atoms with van der Waals surface area (Å²) in [6.45, 7) is 8.97. The summed E-state index contributed by atoms with van der Waals surface area (Å²) in [5.41, 5.74) is 1.57. The predicted molar refractivity (Wildman–Crippen MR) is 88.5 cm³/mol. The van der Waals surface area contributed by atoms with Gasteiger partial charge in [0, 0.05) is 30.0 Å². The Hall–Kier alpha value is -2.19. The van der Waals surface area contributed by atoms with Gasteiger partial charge in [-0.25, -0.2) is 9.50 Å². The van der Waals surface area contributed by atoms with E-state index in [0.717, 1.165) is 10.9 Å². The van der Waals surface area contributed by atoms with Crippen LogP contribution < -0.4 is 0 Å². The molecule has 2 aromatic rings. The van der Waals surface area contributed by atoms with Crippen LogP contribution in [0.15, 0.2) is 0 Å². The largest absolute Gasteiger partial charge is 0.453 e. The molecule has 1 aliphatic rings. The number of hydrogen-bond acceptors (Lipinski definition) is 4. The van der Waals surface area contributed by atoms with Gasteiger partial charge in [0.25, 0.3) is 11.6 Å². The van der Waals surface area contributed by atoms with Crippen molar-refractivity contribution in [1.29, 1.82) is 0 Å². The number of halogens is 3. The molecule has 0 unspecified atom stereocenters. The van der Waals surface area contributed by atoms with Crippen molar-refractivity contribution in [1.82, 2.24) is 24.5 Å². The first kappa shape index (κ1) is 18.6. The number of hydrogen-bond donors (Lipinski definition) is 0. The van der Waals surface area contributed by atoms with E-state index in [9.17, 15) is 18.0 Å². The average Bonchev–Trinajstić information content (AvgIpc) is 2.94. The Bertz CT molecular complexity index is 835. The zero-order valence-corrected chi connectivity index (χ0v) is 15.3. The van der Waals surface area contributed by atoms with E-state index in [1.165, 1.54) is 0 Å². The SMILES string of the molecule is Cc1nc2nc(C(F)(F)F)nn2c(C)c1CC(=O)N1C[C@@H](C)C[C@H](C)C1. The van der Waals surface area contributed by atoms with Gasteiger partial charge in [-0.3, -0.25) is 4.79 Å². The summed E-state index contributed by atoms with van der Waals surface area (Å²) in [7, 11) is 0. The summed E-state index contributed by atoms with van der Waals surface area (Å²) < 4.78 is 39.6. The minimum absolute atomic E-state index is 0.0353. The number of piperidine rings is 1. The first-order valence-corrected chi connectivity index (χ1v) is 8.64. The van der Waals surface area contributed by atoms with E-state index in [1.54, 1.807) is 13.8 Å². The lowest BCUT2D eigenvalue weighted by atomic mass is 9.91. The van der Waals surface area contributed by atoms with Crippen molar-refractivity contribution in [2.24, 2.45) is 11.8 Å². The van der Waals surface area contributed by atoms with Crippen molar-refractivity contribution >= 4 is 11.7 Å². The van der Waals surface area contributed by atoms with Crippen molar-refractivity contribution in [3.05, 3.63) is 22.8 Å². The summed E-state index contributed by atoms with van der Waals surface area (Å²) in [5, 5.41) is 3.52. The minimum Gasteiger partial charge on any atom is -0.342 e. The van der Waals surface area contributed by atoms with Gasteiger partial charge in [-0.15, -0.1) is 5.10 Å². The van der Waals surface area contributed by atoms with E-state index in [-0.39, 0.29) is 18.1 Å². The number of aryl methyl sites for hydroxylation is 2. The Kier molecular flexibility index (Phi) is 4.66. The fourth-order valence-corrected chi connectivity index (χ4v) is 3.71. The van der Waals surface area contributed by atoms with Gasteiger partial charge in [0.15, 0.2) is 0 Å². The number of fused-ring (bicyclic) bond motifs is 1. The molecule has 0 spiro atoms. The van der Waals surface area contributed by atoms with Crippen LogP contribution in [0.25, 0.3) is 5.78 Å². The molecule has 1 fully saturated rings. The second-order valence-electron chi connectivity index (χ2n) is 7.33. The van der Waals surface area contributed by atoms with Gasteiger partial charge in [-0.2, -0.15) is 18.2 Å². The molecule has 0 saturated carbocycles. The molecule has 9 heteroatoms. The molecule has 0 aromatic carbocycles. The molecule has 2 atom stereocenters. The third kappa shape index (κ3) is 3.52. The third-order valence-corrected chi connectivity index (χ3v) is 4.85. The first-order valence-electron chi connectivity index (χ1n) is 8.64. The number of alkyl halides is 3. The first-order chi connectivity index (χ1) is 12.1. The second kappa shape index (κ2) is 6.51. The molecular weight excluding hydrogens is 347 g/mol. The van der Waals surface area contributed by atoms with Gasteiger partial charge in [0.2, 0.25) is 5.91 Å². The lowest BCUT2D eigenvalue weighted by Crippen LogP contribution is -2.43. The molecular formula is C17H22F3N5O. The van der Waals surface area contributed by atoms with Crippen LogP contribution in [-0.2, 0) is 17.4 Å². The Morgan fingerprint density at radius 3 is 2.35 bits per heavy atom. The Morgan fingerprint density at radius 1 is 1.15 bits per heavy atom. The van der Waals surface area contributed by atoms with Crippen LogP contribution in [-0.4, -0.2) is 43.5 Å². The van der Waals surface area contributed by atoms with Gasteiger partial charge >= 0.3 is 6.18 Å². The molecule has 1 amide bonds. The number of aromatic nitrogens is 4. The monoisotopic (exact) mass is 369 g/mol. The lowest BCUT2D eigenvalue weighted by molar-refractivity contribution is -0.144. The molecule has 2 aromatic heterocycles. The number of carbonyl (C=O) groups excluding carboxylic acids is 1. The molecule has 0 aliphatic carbocycles. The zero-order valence-electron chi connectivity index (χ0n) is 15.3. The highest BCUT2D eigenvalue weighted by atomic mass is 19.4. The highest BCUT2D eigenvalue weighted by Crippen LogP contribution is 2.27. The Labute approximate surface area is 149 Å². The quantitative estimate of drug-likeness (QED) is 0.817. The fourth-order valence-electron chi connectivity index (χ4n) is 3.71. The molecule has 0 N–H and O–H groups in total. The normalized spacial score (nSPS) is 21.4. The van der Waals surface area contributed by atoms with E-state index in [1.807, 2.05) is 4.90 Å². The second-order valence-corrected chi connectivity index (χ2v) is 7.33. The van der Waals surface area contributed by atoms with Gasteiger partial charge in [0.1, 0.15) is 0 Å². The van der Waals surface area contributed by atoms with Gasteiger partial charge in [-0.1, -0.05) is 13.8 Å². The van der Waals surface area contributed by atoms with Crippen LogP contribution in [0.2, 0.25) is 0 Å². The highest BCUT2D eigenvalue weighted by Gasteiger charge is 2.37. The van der Waals surface area contributed by atoms with Crippen LogP contribution in [0.4, 0.5) is 13.2 Å². The predicted octanol–water partition coefficient (Wildman–Crippen LogP) is 2.81. The maximum Gasteiger partial charge on any atom is 0.453 e. The summed E-state index contributed by atoms with van der Waals surface area (Å²) in [5.74, 6) is -0.490. The fraction of sp³-hybridized carbons (Fsp3) is 0.647. The standard InChI is InChI=1S/C17H22F3N5O/c1-9-5-10(2)8-24(7-9)14(26)6-13-11(3)21-16-22-15(17(18,19)20)23-25(16)12(13)4/h9-10H,5-8H2,1-4H3/t9-,10-/m0/s1. The van der Waals surface area contributed by atoms with Gasteiger partial charge in [-0.05, 0) is 32.1 Å². The summed E-state index contributed by atoms with van der Waals surface area (Å²) in [4.78, 5) is 22.1. The minimum atomic E-state index is -4.63. The zero-order chi connectivity index (χ0) is 19.2. The van der Waals surface area contributed by atoms with E-state index in [0.29, 0.717) is 41.9 Å². The number of nitrogens with zero attached hydrogens (tertiary/aromatic N) is 5. The van der Waals surface area contributed by atoms with E-state index in [2.05, 4.69) is 28.9 Å². The molecule has 1 aliphatic heterocycles. The topological polar surface area (TPSA) is 63.4 Å². The molecule has 3 heterocycles. The molecule has 6 nitrogen and oxygen atoms in total. The van der Waals surface area contributed by atoms with Crippen LogP contribution >= 0.6 is 0 Å². The van der Waals surface area contributed by atoms with Gasteiger partial charge < -0.3 is 4.90 Å². The van der Waals surface area contributed by atoms with Crippen LogP contribution in [0.3, 0.4) is 0 Å². The van der Waals surface area contributed by atoms with Crippen molar-refractivity contribution < 1.29 is 18.0 Å². The van der Waals surface area contributed by atoms with E-state index < -0.39 is 12.0 Å². The van der Waals surface area contributed by atoms with Gasteiger partial charge in [0.05, 0.1) is 6.42 Å². The van der Waals surface area contributed by atoms with Crippen molar-refractivity contribution in [2.75, 3.05) is 13.1 Å². The molecule has 1 saturated heterocycles. The van der Waals surface area contributed by atoms with Crippen LogP contribution in [0, 0.1) is 25.7 Å². The highest BCUT2D eigenvalue weighted by molar-refractivity contribution is 5.79. The van der Waals surface area contributed by atoms with Crippen molar-refractivity contribution in [3.8, 4) is 0 Å². The Morgan fingerprint density at radius 2 is 1.77 bits per heavy atom. The van der Waals surface area contributed by atoms with E-state index >= 15 is 0 Å². The summed E-state index contributed by atoms with van der Waals surface area (Å²) in [6, 6.07) is 0. The average molecular weight is 369 g/mol. The van der Waals surface area contributed by atoms with Crippen molar-refractivity contribution in [2.45, 2.75) is 46.7 Å². The molecule has 0 radical (unpaired) electrons. The molecule has 26 heavy (non-hydrogen) atoms. The number of rotatable bonds is 2. The molecule has 3 rings (SSSR count). The molecule has 142 valence electrons. The number of carbonyl (C=O) groups is 1. The smallest absolute Gasteiger partial charge is 0.342 e. The lowest BCUT2D eigenvalue weighted by Gasteiger charge is -2.35. The van der Waals surface area contributed by atoms with Crippen LogP contribution in [0.1, 0.15) is 43.0 Å². The van der Waals surface area contributed by atoms with Crippen LogP contribution in [0.5, 0.6) is 0 Å².